The average Bonchev–Trinajstić information content (AvgIpc) is 2.23. The number of hydrogen-bond donors (Lipinski definition) is 2. The van der Waals surface area contributed by atoms with Gasteiger partial charge in [0.2, 0.25) is 0 Å². The first-order valence-electron chi connectivity index (χ1n) is 5.21. The average molecular weight is 261 g/mol. The number of aliphatic hydroxyl groups is 1. The van der Waals surface area contributed by atoms with Crippen LogP contribution in [0.1, 0.15) is 11.7 Å². The summed E-state index contributed by atoms with van der Waals surface area (Å²) in [5.74, 6) is -4.91. The standard InChI is InChI=1S/C11H10F3NO3/c12-7-2-1-6(8(13)9(7)14)10(16)5-3-15(4-5)11(17)18/h1-2,5,10,16H,3-4H2,(H,17,18). The molecule has 1 atom stereocenters. The second-order valence-electron chi connectivity index (χ2n) is 4.16. The zero-order valence-electron chi connectivity index (χ0n) is 9.11. The summed E-state index contributed by atoms with van der Waals surface area (Å²) in [7, 11) is 0. The van der Waals surface area contributed by atoms with Crippen molar-refractivity contribution in [2.24, 2.45) is 5.92 Å². The van der Waals surface area contributed by atoms with Gasteiger partial charge in [-0.2, -0.15) is 0 Å². The summed E-state index contributed by atoms with van der Waals surface area (Å²) in [6.45, 7) is 0.0733. The molecule has 1 saturated heterocycles. The Hall–Kier alpha value is -1.76. The zero-order valence-corrected chi connectivity index (χ0v) is 9.11. The van der Waals surface area contributed by atoms with Gasteiger partial charge in [0, 0.05) is 24.6 Å². The van der Waals surface area contributed by atoms with Gasteiger partial charge in [-0.15, -0.1) is 0 Å². The molecule has 0 aliphatic carbocycles. The summed E-state index contributed by atoms with van der Waals surface area (Å²) in [5.41, 5.74) is -0.357. The van der Waals surface area contributed by atoms with E-state index in [-0.39, 0.29) is 18.7 Å². The Bertz CT molecular complexity index is 489. The van der Waals surface area contributed by atoms with Crippen molar-refractivity contribution in [3.05, 3.63) is 35.1 Å². The first-order chi connectivity index (χ1) is 8.41. The van der Waals surface area contributed by atoms with Crippen molar-refractivity contribution in [3.63, 3.8) is 0 Å². The van der Waals surface area contributed by atoms with Gasteiger partial charge in [-0.25, -0.2) is 18.0 Å². The molecule has 1 heterocycles. The summed E-state index contributed by atoms with van der Waals surface area (Å²) < 4.78 is 39.1. The van der Waals surface area contributed by atoms with Gasteiger partial charge < -0.3 is 15.1 Å². The maximum atomic E-state index is 13.4. The van der Waals surface area contributed by atoms with Crippen molar-refractivity contribution in [2.45, 2.75) is 6.10 Å². The third kappa shape index (κ3) is 2.01. The van der Waals surface area contributed by atoms with Crippen LogP contribution >= 0.6 is 0 Å². The van der Waals surface area contributed by atoms with Crippen LogP contribution in [0.15, 0.2) is 12.1 Å². The molecule has 0 saturated carbocycles. The van der Waals surface area contributed by atoms with Crippen LogP contribution in [-0.2, 0) is 0 Å². The largest absolute Gasteiger partial charge is 0.465 e. The molecule has 2 N–H and O–H groups in total. The molecule has 1 aromatic rings. The third-order valence-electron chi connectivity index (χ3n) is 3.01. The molecular weight excluding hydrogens is 251 g/mol. The molecule has 1 aromatic carbocycles. The predicted molar refractivity (Wildman–Crippen MR) is 54.4 cm³/mol. The summed E-state index contributed by atoms with van der Waals surface area (Å²) >= 11 is 0. The van der Waals surface area contributed by atoms with Gasteiger partial charge in [0.25, 0.3) is 0 Å². The molecule has 2 rings (SSSR count). The Morgan fingerprint density at radius 3 is 2.44 bits per heavy atom. The first kappa shape index (κ1) is 12.7. The van der Waals surface area contributed by atoms with Crippen molar-refractivity contribution in [3.8, 4) is 0 Å². The normalized spacial score (nSPS) is 17.4. The molecule has 1 amide bonds. The number of rotatable bonds is 2. The van der Waals surface area contributed by atoms with E-state index in [0.29, 0.717) is 0 Å². The monoisotopic (exact) mass is 261 g/mol. The molecule has 1 aliphatic rings. The van der Waals surface area contributed by atoms with E-state index in [9.17, 15) is 23.1 Å². The molecule has 1 fully saturated rings. The van der Waals surface area contributed by atoms with Gasteiger partial charge in [-0.1, -0.05) is 6.07 Å². The van der Waals surface area contributed by atoms with Crippen molar-refractivity contribution in [1.29, 1.82) is 0 Å². The lowest BCUT2D eigenvalue weighted by atomic mass is 9.89. The Kier molecular flexibility index (Phi) is 3.16. The molecule has 1 unspecified atom stereocenters. The SMILES string of the molecule is O=C(O)N1CC(C(O)c2ccc(F)c(F)c2F)C1. The maximum Gasteiger partial charge on any atom is 0.407 e. The van der Waals surface area contributed by atoms with Crippen LogP contribution in [0.25, 0.3) is 0 Å². The van der Waals surface area contributed by atoms with E-state index in [1.807, 2.05) is 0 Å². The van der Waals surface area contributed by atoms with E-state index >= 15 is 0 Å². The highest BCUT2D eigenvalue weighted by molar-refractivity contribution is 5.66. The molecule has 98 valence electrons. The summed E-state index contributed by atoms with van der Waals surface area (Å²) in [6, 6.07) is 1.69. The Morgan fingerprint density at radius 2 is 1.89 bits per heavy atom. The second kappa shape index (κ2) is 4.49. The Labute approximate surface area is 100 Å². The van der Waals surface area contributed by atoms with Crippen LogP contribution in [0, 0.1) is 23.4 Å². The van der Waals surface area contributed by atoms with Crippen molar-refractivity contribution in [2.75, 3.05) is 13.1 Å². The van der Waals surface area contributed by atoms with E-state index in [2.05, 4.69) is 0 Å². The number of benzene rings is 1. The molecule has 1 aliphatic heterocycles. The molecule has 0 spiro atoms. The highest BCUT2D eigenvalue weighted by atomic mass is 19.2. The number of carboxylic acid groups (broad SMARTS) is 1. The van der Waals surface area contributed by atoms with Crippen molar-refractivity contribution < 1.29 is 28.2 Å². The van der Waals surface area contributed by atoms with E-state index in [1.54, 1.807) is 0 Å². The van der Waals surface area contributed by atoms with Gasteiger partial charge in [0.1, 0.15) is 0 Å². The number of aliphatic hydroxyl groups excluding tert-OH is 1. The Morgan fingerprint density at radius 1 is 1.28 bits per heavy atom. The summed E-state index contributed by atoms with van der Waals surface area (Å²) in [5, 5.41) is 18.4. The van der Waals surface area contributed by atoms with Crippen LogP contribution in [0.4, 0.5) is 18.0 Å². The van der Waals surface area contributed by atoms with Gasteiger partial charge in [-0.3, -0.25) is 0 Å². The van der Waals surface area contributed by atoms with E-state index in [0.717, 1.165) is 17.0 Å². The van der Waals surface area contributed by atoms with Crippen LogP contribution in [0.3, 0.4) is 0 Å². The lowest BCUT2D eigenvalue weighted by Gasteiger charge is -2.39. The van der Waals surface area contributed by atoms with E-state index in [4.69, 9.17) is 5.11 Å². The van der Waals surface area contributed by atoms with E-state index < -0.39 is 35.6 Å². The van der Waals surface area contributed by atoms with Crippen LogP contribution in [0.2, 0.25) is 0 Å². The Balaban J connectivity index is 2.14. The number of nitrogens with zero attached hydrogens (tertiary/aromatic N) is 1. The number of likely N-dealkylation sites (tertiary alicyclic amines) is 1. The minimum Gasteiger partial charge on any atom is -0.465 e. The molecule has 0 aromatic heterocycles. The zero-order chi connectivity index (χ0) is 13.4. The maximum absolute atomic E-state index is 13.4. The highest BCUT2D eigenvalue weighted by Crippen LogP contribution is 2.32. The van der Waals surface area contributed by atoms with Crippen LogP contribution in [-0.4, -0.2) is 34.3 Å². The lowest BCUT2D eigenvalue weighted by Crippen LogP contribution is -2.51. The van der Waals surface area contributed by atoms with Gasteiger partial charge in [-0.05, 0) is 6.07 Å². The second-order valence-corrected chi connectivity index (χ2v) is 4.16. The van der Waals surface area contributed by atoms with Gasteiger partial charge in [0.05, 0.1) is 6.10 Å². The molecule has 0 radical (unpaired) electrons. The van der Waals surface area contributed by atoms with Crippen LogP contribution < -0.4 is 0 Å². The summed E-state index contributed by atoms with van der Waals surface area (Å²) in [4.78, 5) is 11.5. The smallest absolute Gasteiger partial charge is 0.407 e. The third-order valence-corrected chi connectivity index (χ3v) is 3.01. The summed E-state index contributed by atoms with van der Waals surface area (Å²) in [6.07, 6.45) is -2.49. The predicted octanol–water partition coefficient (Wildman–Crippen LogP) is 1.75. The molecule has 4 nitrogen and oxygen atoms in total. The highest BCUT2D eigenvalue weighted by Gasteiger charge is 2.37. The molecule has 18 heavy (non-hydrogen) atoms. The molecular formula is C11H10F3NO3. The number of halogens is 3. The fraction of sp³-hybridized carbons (Fsp3) is 0.364. The fourth-order valence-corrected chi connectivity index (χ4v) is 1.89. The van der Waals surface area contributed by atoms with Crippen molar-refractivity contribution in [1.82, 2.24) is 4.90 Å². The topological polar surface area (TPSA) is 60.8 Å². The van der Waals surface area contributed by atoms with Gasteiger partial charge >= 0.3 is 6.09 Å². The fourth-order valence-electron chi connectivity index (χ4n) is 1.89. The quantitative estimate of drug-likeness (QED) is 0.797. The number of amides is 1. The minimum absolute atomic E-state index is 0.0366. The van der Waals surface area contributed by atoms with Gasteiger partial charge in [0.15, 0.2) is 17.5 Å². The van der Waals surface area contributed by atoms with Crippen molar-refractivity contribution >= 4 is 6.09 Å². The number of hydrogen-bond acceptors (Lipinski definition) is 2. The minimum atomic E-state index is -1.64. The van der Waals surface area contributed by atoms with E-state index in [1.165, 1.54) is 0 Å². The molecule has 0 bridgehead atoms. The first-order valence-corrected chi connectivity index (χ1v) is 5.21. The van der Waals surface area contributed by atoms with Crippen LogP contribution in [0.5, 0.6) is 0 Å². The molecule has 7 heteroatoms. The number of carbonyl (C=O) groups is 1. The lowest BCUT2D eigenvalue weighted by molar-refractivity contribution is 0.000950.